The first-order valence-corrected chi connectivity index (χ1v) is 5.97. The van der Waals surface area contributed by atoms with E-state index in [1.54, 1.807) is 7.05 Å². The average Bonchev–Trinajstić information content (AvgIpc) is 2.72. The van der Waals surface area contributed by atoms with Crippen LogP contribution in [0.5, 0.6) is 0 Å². The largest absolute Gasteiger partial charge is 0.358 e. The molecule has 2 rings (SSSR count). The van der Waals surface area contributed by atoms with Crippen LogP contribution in [0.1, 0.15) is 25.7 Å². The van der Waals surface area contributed by atoms with E-state index in [0.29, 0.717) is 12.6 Å². The molecule has 0 aromatic heterocycles. The van der Waals surface area contributed by atoms with Crippen LogP contribution in [0.15, 0.2) is 0 Å². The van der Waals surface area contributed by atoms with Gasteiger partial charge in [-0.15, -0.1) is 0 Å². The number of nitrogens with one attached hydrogen (secondary N) is 2. The molecule has 2 atom stereocenters. The summed E-state index contributed by atoms with van der Waals surface area (Å²) in [5, 5.41) is 5.99. The van der Waals surface area contributed by atoms with Gasteiger partial charge < -0.3 is 15.5 Å². The lowest BCUT2D eigenvalue weighted by Gasteiger charge is -2.35. The van der Waals surface area contributed by atoms with Crippen molar-refractivity contribution >= 4 is 5.91 Å². The molecular formula is C11H21N3O. The zero-order valence-electron chi connectivity index (χ0n) is 9.46. The van der Waals surface area contributed by atoms with Crippen molar-refractivity contribution in [2.45, 2.75) is 37.8 Å². The van der Waals surface area contributed by atoms with Crippen molar-refractivity contribution in [1.29, 1.82) is 0 Å². The summed E-state index contributed by atoms with van der Waals surface area (Å²) in [6, 6.07) is 1.32. The summed E-state index contributed by atoms with van der Waals surface area (Å²) in [4.78, 5) is 13.7. The second-order valence-electron chi connectivity index (χ2n) is 4.61. The Morgan fingerprint density at radius 3 is 3.07 bits per heavy atom. The predicted molar refractivity (Wildman–Crippen MR) is 59.7 cm³/mol. The molecule has 2 heterocycles. The smallest absolute Gasteiger partial charge is 0.233 e. The third-order valence-electron chi connectivity index (χ3n) is 3.65. The molecule has 0 spiro atoms. The molecule has 0 aliphatic carbocycles. The highest BCUT2D eigenvalue weighted by atomic mass is 16.1. The summed E-state index contributed by atoms with van der Waals surface area (Å²) in [5.74, 6) is 0.0869. The van der Waals surface area contributed by atoms with E-state index in [1.165, 1.54) is 38.8 Å². The molecule has 86 valence electrons. The Balaban J connectivity index is 1.73. The van der Waals surface area contributed by atoms with E-state index >= 15 is 0 Å². The van der Waals surface area contributed by atoms with E-state index in [9.17, 15) is 4.79 Å². The van der Waals surface area contributed by atoms with Crippen LogP contribution in [0, 0.1) is 0 Å². The van der Waals surface area contributed by atoms with Crippen LogP contribution in [-0.4, -0.2) is 49.6 Å². The molecule has 2 N–H and O–H groups in total. The van der Waals surface area contributed by atoms with E-state index in [0.717, 1.165) is 6.04 Å². The number of fused-ring (bicyclic) bond motifs is 1. The number of rotatable bonds is 3. The Bertz CT molecular complexity index is 232. The molecular weight excluding hydrogens is 190 g/mol. The fraction of sp³-hybridized carbons (Fsp3) is 0.909. The van der Waals surface area contributed by atoms with Crippen molar-refractivity contribution in [3.05, 3.63) is 0 Å². The quantitative estimate of drug-likeness (QED) is 0.688. The first-order valence-electron chi connectivity index (χ1n) is 5.97. The van der Waals surface area contributed by atoms with Crippen LogP contribution in [0.25, 0.3) is 0 Å². The van der Waals surface area contributed by atoms with E-state index in [4.69, 9.17) is 0 Å². The van der Waals surface area contributed by atoms with Gasteiger partial charge in [0.15, 0.2) is 0 Å². The van der Waals surface area contributed by atoms with E-state index in [-0.39, 0.29) is 5.91 Å². The number of hydrogen-bond acceptors (Lipinski definition) is 3. The van der Waals surface area contributed by atoms with Gasteiger partial charge in [-0.1, -0.05) is 0 Å². The molecule has 0 radical (unpaired) electrons. The highest BCUT2D eigenvalue weighted by Crippen LogP contribution is 2.26. The lowest BCUT2D eigenvalue weighted by molar-refractivity contribution is -0.119. The van der Waals surface area contributed by atoms with Gasteiger partial charge in [0, 0.05) is 19.1 Å². The van der Waals surface area contributed by atoms with Crippen molar-refractivity contribution in [3.8, 4) is 0 Å². The molecule has 0 aromatic rings. The van der Waals surface area contributed by atoms with Crippen molar-refractivity contribution < 1.29 is 4.79 Å². The van der Waals surface area contributed by atoms with Crippen LogP contribution < -0.4 is 10.6 Å². The summed E-state index contributed by atoms with van der Waals surface area (Å²) in [5.41, 5.74) is 0. The minimum atomic E-state index is 0.0869. The Morgan fingerprint density at radius 2 is 2.27 bits per heavy atom. The molecule has 2 aliphatic rings. The van der Waals surface area contributed by atoms with Gasteiger partial charge in [-0.2, -0.15) is 0 Å². The minimum absolute atomic E-state index is 0.0869. The third kappa shape index (κ3) is 2.69. The lowest BCUT2D eigenvalue weighted by Crippen LogP contribution is -2.47. The van der Waals surface area contributed by atoms with Gasteiger partial charge in [-0.25, -0.2) is 0 Å². The molecule has 2 fully saturated rings. The van der Waals surface area contributed by atoms with Gasteiger partial charge in [0.05, 0.1) is 6.54 Å². The standard InChI is InChI=1S/C11H21N3O/c1-12-11(15)8-13-9-4-6-14-5-2-3-10(14)7-9/h9-10,13H,2-8H2,1H3,(H,12,15). The fourth-order valence-corrected chi connectivity index (χ4v) is 2.74. The summed E-state index contributed by atoms with van der Waals surface area (Å²) < 4.78 is 0. The maximum absolute atomic E-state index is 11.1. The zero-order chi connectivity index (χ0) is 10.7. The first kappa shape index (κ1) is 10.9. The van der Waals surface area contributed by atoms with Crippen LogP contribution >= 0.6 is 0 Å². The Hall–Kier alpha value is -0.610. The molecule has 1 amide bonds. The van der Waals surface area contributed by atoms with E-state index in [2.05, 4.69) is 15.5 Å². The molecule has 2 saturated heterocycles. The highest BCUT2D eigenvalue weighted by Gasteiger charge is 2.31. The van der Waals surface area contributed by atoms with E-state index < -0.39 is 0 Å². The highest BCUT2D eigenvalue weighted by molar-refractivity contribution is 5.77. The molecule has 4 heteroatoms. The van der Waals surface area contributed by atoms with Gasteiger partial charge in [-0.05, 0) is 38.8 Å². The van der Waals surface area contributed by atoms with Crippen LogP contribution in [-0.2, 0) is 4.79 Å². The third-order valence-corrected chi connectivity index (χ3v) is 3.65. The van der Waals surface area contributed by atoms with E-state index in [1.807, 2.05) is 0 Å². The molecule has 4 nitrogen and oxygen atoms in total. The topological polar surface area (TPSA) is 44.4 Å². The van der Waals surface area contributed by atoms with Gasteiger partial charge in [0.1, 0.15) is 0 Å². The van der Waals surface area contributed by atoms with Crippen LogP contribution in [0.3, 0.4) is 0 Å². The number of piperidine rings is 1. The van der Waals surface area contributed by atoms with Gasteiger partial charge in [0.25, 0.3) is 0 Å². The summed E-state index contributed by atoms with van der Waals surface area (Å²) in [6.07, 6.45) is 5.11. The summed E-state index contributed by atoms with van der Waals surface area (Å²) >= 11 is 0. The summed E-state index contributed by atoms with van der Waals surface area (Å²) in [7, 11) is 1.68. The monoisotopic (exact) mass is 211 g/mol. The molecule has 15 heavy (non-hydrogen) atoms. The average molecular weight is 211 g/mol. The minimum Gasteiger partial charge on any atom is -0.358 e. The molecule has 0 saturated carbocycles. The fourth-order valence-electron chi connectivity index (χ4n) is 2.74. The van der Waals surface area contributed by atoms with Gasteiger partial charge in [0.2, 0.25) is 5.91 Å². The Kier molecular flexibility index (Phi) is 3.59. The predicted octanol–water partition coefficient (Wildman–Crippen LogP) is -0.0512. The van der Waals surface area contributed by atoms with Crippen LogP contribution in [0.4, 0.5) is 0 Å². The molecule has 0 bridgehead atoms. The first-order chi connectivity index (χ1) is 7.29. The summed E-state index contributed by atoms with van der Waals surface area (Å²) in [6.45, 7) is 2.96. The second-order valence-corrected chi connectivity index (χ2v) is 4.61. The maximum Gasteiger partial charge on any atom is 0.233 e. The number of amides is 1. The zero-order valence-corrected chi connectivity index (χ0v) is 9.46. The number of likely N-dealkylation sites (N-methyl/N-ethyl adjacent to an activating group) is 1. The second kappa shape index (κ2) is 4.94. The maximum atomic E-state index is 11.1. The van der Waals surface area contributed by atoms with Crippen molar-refractivity contribution in [1.82, 2.24) is 15.5 Å². The van der Waals surface area contributed by atoms with Crippen molar-refractivity contribution in [3.63, 3.8) is 0 Å². The number of carbonyl (C=O) groups is 1. The number of carbonyl (C=O) groups excluding carboxylic acids is 1. The molecule has 0 aromatic carbocycles. The Labute approximate surface area is 91.4 Å². The van der Waals surface area contributed by atoms with Gasteiger partial charge >= 0.3 is 0 Å². The lowest BCUT2D eigenvalue weighted by atomic mass is 9.97. The molecule has 2 unspecified atom stereocenters. The van der Waals surface area contributed by atoms with Crippen LogP contribution in [0.2, 0.25) is 0 Å². The van der Waals surface area contributed by atoms with Crippen molar-refractivity contribution in [2.24, 2.45) is 0 Å². The van der Waals surface area contributed by atoms with Gasteiger partial charge in [-0.3, -0.25) is 4.79 Å². The van der Waals surface area contributed by atoms with Crippen molar-refractivity contribution in [2.75, 3.05) is 26.7 Å². The number of hydrogen-bond donors (Lipinski definition) is 2. The normalized spacial score (nSPS) is 31.3. The SMILES string of the molecule is CNC(=O)CNC1CCN2CCCC2C1. The molecule has 2 aliphatic heterocycles. The number of nitrogens with zero attached hydrogens (tertiary/aromatic N) is 1. The Morgan fingerprint density at radius 1 is 1.40 bits per heavy atom.